The van der Waals surface area contributed by atoms with Gasteiger partial charge in [-0.05, 0) is 95.8 Å². The monoisotopic (exact) mass is 1090 g/mol. The van der Waals surface area contributed by atoms with Gasteiger partial charge in [-0.15, -0.1) is 0 Å². The number of nitrogens with one attached hydrogen (secondary N) is 3. The van der Waals surface area contributed by atoms with Crippen LogP contribution in [0.25, 0.3) is 11.1 Å². The summed E-state index contributed by atoms with van der Waals surface area (Å²) in [4.78, 5) is 106. The lowest BCUT2D eigenvalue weighted by Gasteiger charge is -2.24. The lowest BCUT2D eigenvalue weighted by Crippen LogP contribution is -2.53. The average molecular weight is 1100 g/mol. The summed E-state index contributed by atoms with van der Waals surface area (Å²) in [5.41, 5.74) is 6.39. The van der Waals surface area contributed by atoms with Crippen LogP contribution >= 0.6 is 0 Å². The highest BCUT2D eigenvalue weighted by Gasteiger charge is 2.36. The van der Waals surface area contributed by atoms with E-state index in [1.165, 1.54) is 57.6 Å². The Morgan fingerprint density at radius 3 is 1.59 bits per heavy atom. The molecule has 4 unspecified atom stereocenters. The van der Waals surface area contributed by atoms with Crippen molar-refractivity contribution in [3.05, 3.63) is 149 Å². The van der Waals surface area contributed by atoms with Crippen molar-refractivity contribution in [2.45, 2.75) is 64.2 Å². The largest absolute Gasteiger partial charge is 0.497 e. The molecule has 10 rings (SSSR count). The third-order valence-electron chi connectivity index (χ3n) is 14.4. The van der Waals surface area contributed by atoms with Gasteiger partial charge < -0.3 is 49.4 Å². The van der Waals surface area contributed by atoms with E-state index >= 15 is 0 Å². The zero-order valence-electron chi connectivity index (χ0n) is 45.3. The Bertz CT molecular complexity index is 3500. The van der Waals surface area contributed by atoms with Crippen LogP contribution in [0.5, 0.6) is 28.7 Å². The van der Waals surface area contributed by atoms with Crippen molar-refractivity contribution in [3.63, 3.8) is 0 Å². The summed E-state index contributed by atoms with van der Waals surface area (Å²) >= 11 is 0. The van der Waals surface area contributed by atoms with Gasteiger partial charge in [-0.25, -0.2) is 4.90 Å². The summed E-state index contributed by atoms with van der Waals surface area (Å²) in [5.74, 6) is -1.01. The Labute approximate surface area is 466 Å². The zero-order chi connectivity index (χ0) is 57.1. The van der Waals surface area contributed by atoms with Crippen LogP contribution in [-0.4, -0.2) is 122 Å². The molecule has 5 aliphatic rings. The van der Waals surface area contributed by atoms with Crippen LogP contribution in [-0.2, 0) is 19.2 Å². The molecular weight excluding hydrogens is 1040 g/mol. The molecule has 20 heteroatoms. The minimum Gasteiger partial charge on any atom is -0.497 e. The maximum Gasteiger partial charge on any atom is 0.260 e. The number of carbonyl (C=O) groups is 7. The van der Waals surface area contributed by atoms with Gasteiger partial charge in [-0.2, -0.15) is 0 Å². The molecule has 5 aliphatic heterocycles. The molecule has 3 N–H and O–H groups in total. The third kappa shape index (κ3) is 11.4. The molecule has 7 amide bonds. The van der Waals surface area contributed by atoms with Crippen molar-refractivity contribution < 1.29 is 57.2 Å². The lowest BCUT2D eigenvalue weighted by atomic mass is 10.0. The van der Waals surface area contributed by atoms with E-state index in [2.05, 4.69) is 16.0 Å². The molecule has 4 atom stereocenters. The van der Waals surface area contributed by atoms with Crippen LogP contribution in [0, 0.1) is 5.92 Å². The van der Waals surface area contributed by atoms with Crippen LogP contribution in [0.1, 0.15) is 82.2 Å². The van der Waals surface area contributed by atoms with Gasteiger partial charge in [-0.1, -0.05) is 38.1 Å². The number of fused-ring (bicyclic) bond motifs is 4. The van der Waals surface area contributed by atoms with Gasteiger partial charge in [0.05, 0.1) is 74.8 Å². The number of hydrogen-bond acceptors (Lipinski definition) is 14. The van der Waals surface area contributed by atoms with E-state index in [0.717, 1.165) is 32.9 Å². The Hall–Kier alpha value is -9.85. The van der Waals surface area contributed by atoms with E-state index in [4.69, 9.17) is 33.7 Å². The molecule has 0 saturated heterocycles. The smallest absolute Gasteiger partial charge is 0.260 e. The Morgan fingerprint density at radius 1 is 0.605 bits per heavy atom. The van der Waals surface area contributed by atoms with E-state index in [9.17, 15) is 33.6 Å². The summed E-state index contributed by atoms with van der Waals surface area (Å²) in [6.07, 6.45) is 11.1. The van der Waals surface area contributed by atoms with Crippen molar-refractivity contribution in [2.75, 3.05) is 44.8 Å². The summed E-state index contributed by atoms with van der Waals surface area (Å²) < 4.78 is 29.0. The molecule has 414 valence electrons. The Balaban J connectivity index is 0.706. The van der Waals surface area contributed by atoms with Crippen molar-refractivity contribution in [3.8, 4) is 28.7 Å². The van der Waals surface area contributed by atoms with Crippen molar-refractivity contribution in [2.24, 2.45) is 15.9 Å². The fourth-order valence-corrected chi connectivity index (χ4v) is 9.93. The quantitative estimate of drug-likeness (QED) is 0.0530. The fraction of sp³-hybridized carbons (Fsp3) is 0.262. The summed E-state index contributed by atoms with van der Waals surface area (Å²) in [6.45, 7) is 5.54. The minimum absolute atomic E-state index is 0.188. The molecule has 20 nitrogen and oxygen atoms in total. The number of ether oxygens (including phenoxy) is 5. The molecule has 0 fully saturated rings. The van der Waals surface area contributed by atoms with Gasteiger partial charge in [0.25, 0.3) is 29.5 Å². The summed E-state index contributed by atoms with van der Waals surface area (Å²) in [6, 6.07) is 24.8. The standard InChI is InChI=1S/C61H58N8O12/c1-34(2)56(66-58(73)38-10-16-42(17-11-38)69-54(70)20-21-55(69)71)59(74)64-35(3)57(72)65-41-14-8-36(9-15-41)39-24-43-30-62-48-28-52(50(78-5)26-46(48)60(75)67(43)32-39)80-22-7-23-81-53-29-49-47(27-51(53)79-6)61(76)68-33-40(25-44(68)31-63-49)37-12-18-45(77-4)19-13-37/h8-21,26-35,43-44,56H,7,22-25H2,1-6H3,(H,64,74)(H,65,72)(H,66,73). The zero-order valence-corrected chi connectivity index (χ0v) is 45.3. The first-order chi connectivity index (χ1) is 39.1. The van der Waals surface area contributed by atoms with E-state index < -0.39 is 41.6 Å². The SMILES string of the molecule is COc1ccc(C2=CN3C(=O)c4cc(OC)c(OCCCOc5cc6c(cc5OC)C(=O)N5C=C(c7ccc(NC(=O)C(C)NC(=O)C(NC(=O)c8ccc(N9C(=O)C=CC9=O)cc8)C(C)C)cc7)CC5C=N6)cc4N=CC3C2)cc1. The molecule has 0 radical (unpaired) electrons. The summed E-state index contributed by atoms with van der Waals surface area (Å²) in [5, 5.41) is 8.25. The molecule has 5 heterocycles. The van der Waals surface area contributed by atoms with Gasteiger partial charge in [0, 0.05) is 79.6 Å². The van der Waals surface area contributed by atoms with Crippen LogP contribution in [0.15, 0.2) is 132 Å². The van der Waals surface area contributed by atoms with Crippen LogP contribution in [0.2, 0.25) is 0 Å². The van der Waals surface area contributed by atoms with Gasteiger partial charge in [0.2, 0.25) is 11.8 Å². The second kappa shape index (κ2) is 23.2. The van der Waals surface area contributed by atoms with Gasteiger partial charge in [0.1, 0.15) is 17.8 Å². The lowest BCUT2D eigenvalue weighted by molar-refractivity contribution is -0.128. The van der Waals surface area contributed by atoms with Gasteiger partial charge in [-0.3, -0.25) is 43.5 Å². The van der Waals surface area contributed by atoms with E-state index in [1.54, 1.807) is 85.8 Å². The maximum atomic E-state index is 14.1. The molecule has 81 heavy (non-hydrogen) atoms. The number of nitrogens with zero attached hydrogens (tertiary/aromatic N) is 5. The minimum atomic E-state index is -0.986. The maximum absolute atomic E-state index is 14.1. The second-order valence-corrected chi connectivity index (χ2v) is 20.0. The van der Waals surface area contributed by atoms with Crippen molar-refractivity contribution >= 4 is 87.7 Å². The number of hydrogen-bond donors (Lipinski definition) is 3. The fourth-order valence-electron chi connectivity index (χ4n) is 9.93. The van der Waals surface area contributed by atoms with Crippen LogP contribution < -0.4 is 44.5 Å². The number of anilines is 2. The number of imide groups is 1. The molecule has 0 saturated carbocycles. The first kappa shape index (κ1) is 54.5. The molecular formula is C61H58N8O12. The molecule has 0 spiro atoms. The highest BCUT2D eigenvalue weighted by atomic mass is 16.5. The highest BCUT2D eigenvalue weighted by molar-refractivity contribution is 6.28. The number of methoxy groups -OCH3 is 3. The molecule has 0 aromatic heterocycles. The Morgan fingerprint density at radius 2 is 1.11 bits per heavy atom. The molecule has 5 aromatic carbocycles. The first-order valence-electron chi connectivity index (χ1n) is 26.3. The molecule has 0 aliphatic carbocycles. The van der Waals surface area contributed by atoms with Gasteiger partial charge >= 0.3 is 0 Å². The number of benzene rings is 5. The number of rotatable bonds is 19. The first-order valence-corrected chi connectivity index (χ1v) is 26.3. The van der Waals surface area contributed by atoms with Crippen molar-refractivity contribution in [1.82, 2.24) is 20.4 Å². The average Bonchev–Trinajstić information content (AvgIpc) is 4.23. The highest BCUT2D eigenvalue weighted by Crippen LogP contribution is 2.42. The van der Waals surface area contributed by atoms with Crippen LogP contribution in [0.4, 0.5) is 22.7 Å². The predicted molar refractivity (Wildman–Crippen MR) is 303 cm³/mol. The molecule has 0 bridgehead atoms. The number of amides is 7. The number of aliphatic imine (C=N–C) groups is 2. The topological polar surface area (TPSA) is 236 Å². The van der Waals surface area contributed by atoms with Crippen molar-refractivity contribution in [1.29, 1.82) is 0 Å². The third-order valence-corrected chi connectivity index (χ3v) is 14.4. The van der Waals surface area contributed by atoms with Gasteiger partial charge in [0.15, 0.2) is 23.0 Å². The van der Waals surface area contributed by atoms with Crippen LogP contribution in [0.3, 0.4) is 0 Å². The van der Waals surface area contributed by atoms with E-state index in [-0.39, 0.29) is 48.6 Å². The van der Waals surface area contributed by atoms with E-state index in [0.29, 0.717) is 76.1 Å². The second-order valence-electron chi connectivity index (χ2n) is 20.0. The normalized spacial score (nSPS) is 17.5. The molecule has 5 aromatic rings. The predicted octanol–water partition coefficient (Wildman–Crippen LogP) is 7.83. The Kier molecular flexibility index (Phi) is 15.6. The number of carbonyl (C=O) groups excluding carboxylic acids is 7. The van der Waals surface area contributed by atoms with E-state index in [1.807, 2.05) is 42.6 Å². The summed E-state index contributed by atoms with van der Waals surface area (Å²) in [7, 11) is 4.64.